The summed E-state index contributed by atoms with van der Waals surface area (Å²) in [5.41, 5.74) is 6.19. The van der Waals surface area contributed by atoms with E-state index in [1.807, 2.05) is 25.2 Å². The molecule has 0 spiro atoms. The average molecular weight is 242 g/mol. The maximum absolute atomic E-state index is 5.38. The fraction of sp³-hybridized carbons (Fsp3) is 0.214. The van der Waals surface area contributed by atoms with Crippen molar-refractivity contribution in [1.29, 1.82) is 0 Å². The molecule has 1 aromatic heterocycles. The molecule has 0 bridgehead atoms. The number of rotatable bonds is 3. The van der Waals surface area contributed by atoms with Gasteiger partial charge in [0.1, 0.15) is 11.6 Å². The van der Waals surface area contributed by atoms with E-state index in [1.165, 1.54) is 11.1 Å². The summed E-state index contributed by atoms with van der Waals surface area (Å²) in [5, 5.41) is 0. The summed E-state index contributed by atoms with van der Waals surface area (Å²) in [7, 11) is 2.00. The Hall–Kier alpha value is -2.07. The third-order valence-corrected chi connectivity index (χ3v) is 2.94. The molecule has 0 amide bonds. The molecule has 0 aliphatic heterocycles. The summed E-state index contributed by atoms with van der Waals surface area (Å²) < 4.78 is 0. The van der Waals surface area contributed by atoms with E-state index in [1.54, 1.807) is 0 Å². The number of pyridine rings is 1. The van der Waals surface area contributed by atoms with Gasteiger partial charge in [0.2, 0.25) is 0 Å². The number of anilines is 3. The Morgan fingerprint density at radius 3 is 2.61 bits per heavy atom. The standard InChI is InChI=1S/C14H18N4/c1-10-7-8-12(11(2)9-10)18(3)14-6-4-5-13(16-14)17-15/h4-9H,15H2,1-3H3,(H,16,17). The van der Waals surface area contributed by atoms with Crippen LogP contribution in [0.5, 0.6) is 0 Å². The van der Waals surface area contributed by atoms with Gasteiger partial charge < -0.3 is 10.3 Å². The molecule has 0 saturated carbocycles. The van der Waals surface area contributed by atoms with Gasteiger partial charge in [0, 0.05) is 12.7 Å². The lowest BCUT2D eigenvalue weighted by Gasteiger charge is -2.21. The minimum atomic E-state index is 0.657. The maximum atomic E-state index is 5.38. The summed E-state index contributed by atoms with van der Waals surface area (Å²) in [4.78, 5) is 6.47. The molecule has 1 heterocycles. The van der Waals surface area contributed by atoms with Gasteiger partial charge in [0.15, 0.2) is 0 Å². The summed E-state index contributed by atoms with van der Waals surface area (Å²) >= 11 is 0. The SMILES string of the molecule is Cc1ccc(N(C)c2cccc(NN)n2)c(C)c1. The monoisotopic (exact) mass is 242 g/mol. The second-order valence-corrected chi connectivity index (χ2v) is 4.37. The molecule has 0 fully saturated rings. The van der Waals surface area contributed by atoms with Crippen molar-refractivity contribution in [2.24, 2.45) is 5.84 Å². The molecule has 3 N–H and O–H groups in total. The highest BCUT2D eigenvalue weighted by atomic mass is 15.3. The van der Waals surface area contributed by atoms with Crippen molar-refractivity contribution in [3.05, 3.63) is 47.5 Å². The molecule has 2 rings (SSSR count). The van der Waals surface area contributed by atoms with E-state index in [0.29, 0.717) is 5.82 Å². The van der Waals surface area contributed by atoms with Gasteiger partial charge in [-0.05, 0) is 37.6 Å². The zero-order valence-corrected chi connectivity index (χ0v) is 10.9. The number of aromatic nitrogens is 1. The van der Waals surface area contributed by atoms with Crippen LogP contribution in [0.3, 0.4) is 0 Å². The first-order valence-electron chi connectivity index (χ1n) is 5.86. The number of hydrogen-bond acceptors (Lipinski definition) is 4. The molecule has 0 saturated heterocycles. The van der Waals surface area contributed by atoms with Gasteiger partial charge in [0.05, 0.1) is 0 Å². The first kappa shape index (κ1) is 12.4. The van der Waals surface area contributed by atoms with E-state index in [4.69, 9.17) is 5.84 Å². The zero-order chi connectivity index (χ0) is 13.1. The Kier molecular flexibility index (Phi) is 3.48. The Morgan fingerprint density at radius 2 is 1.94 bits per heavy atom. The number of aryl methyl sites for hydroxylation is 2. The highest BCUT2D eigenvalue weighted by Crippen LogP contribution is 2.26. The number of hydrazine groups is 1. The first-order chi connectivity index (χ1) is 8.61. The minimum Gasteiger partial charge on any atom is -0.329 e. The first-order valence-corrected chi connectivity index (χ1v) is 5.86. The van der Waals surface area contributed by atoms with Crippen LogP contribution in [0, 0.1) is 13.8 Å². The largest absolute Gasteiger partial charge is 0.329 e. The second kappa shape index (κ2) is 5.06. The number of nitrogens with two attached hydrogens (primary N) is 1. The maximum Gasteiger partial charge on any atom is 0.142 e. The normalized spacial score (nSPS) is 10.2. The molecule has 2 aromatic rings. The lowest BCUT2D eigenvalue weighted by Crippen LogP contribution is -2.15. The molecule has 0 atom stereocenters. The Morgan fingerprint density at radius 1 is 1.17 bits per heavy atom. The highest BCUT2D eigenvalue weighted by molar-refractivity contribution is 5.64. The second-order valence-electron chi connectivity index (χ2n) is 4.37. The smallest absolute Gasteiger partial charge is 0.142 e. The molecule has 4 heteroatoms. The number of hydrogen-bond donors (Lipinski definition) is 2. The van der Waals surface area contributed by atoms with E-state index >= 15 is 0 Å². The molecule has 0 radical (unpaired) electrons. The van der Waals surface area contributed by atoms with Crippen LogP contribution < -0.4 is 16.2 Å². The van der Waals surface area contributed by atoms with E-state index < -0.39 is 0 Å². The van der Waals surface area contributed by atoms with Crippen molar-refractivity contribution in [2.75, 3.05) is 17.4 Å². The van der Waals surface area contributed by atoms with Crippen LogP contribution in [0.4, 0.5) is 17.3 Å². The summed E-state index contributed by atoms with van der Waals surface area (Å²) in [6, 6.07) is 12.1. The lowest BCUT2D eigenvalue weighted by atomic mass is 10.1. The number of nitrogens with one attached hydrogen (secondary N) is 1. The van der Waals surface area contributed by atoms with E-state index in [9.17, 15) is 0 Å². The van der Waals surface area contributed by atoms with Crippen LogP contribution in [0.2, 0.25) is 0 Å². The van der Waals surface area contributed by atoms with Crippen LogP contribution in [-0.4, -0.2) is 12.0 Å². The predicted octanol–water partition coefficient (Wildman–Crippen LogP) is 2.75. The van der Waals surface area contributed by atoms with Gasteiger partial charge in [-0.15, -0.1) is 0 Å². The minimum absolute atomic E-state index is 0.657. The molecule has 94 valence electrons. The van der Waals surface area contributed by atoms with Crippen LogP contribution in [0.1, 0.15) is 11.1 Å². The van der Waals surface area contributed by atoms with Crippen molar-refractivity contribution >= 4 is 17.3 Å². The van der Waals surface area contributed by atoms with E-state index in [0.717, 1.165) is 11.5 Å². The number of benzene rings is 1. The van der Waals surface area contributed by atoms with Crippen molar-refractivity contribution in [1.82, 2.24) is 4.98 Å². The fourth-order valence-electron chi connectivity index (χ4n) is 2.00. The van der Waals surface area contributed by atoms with Gasteiger partial charge in [-0.25, -0.2) is 10.8 Å². The third-order valence-electron chi connectivity index (χ3n) is 2.94. The molecule has 18 heavy (non-hydrogen) atoms. The van der Waals surface area contributed by atoms with Gasteiger partial charge >= 0.3 is 0 Å². The van der Waals surface area contributed by atoms with Crippen molar-refractivity contribution in [2.45, 2.75) is 13.8 Å². The zero-order valence-electron chi connectivity index (χ0n) is 10.9. The molecule has 4 nitrogen and oxygen atoms in total. The third kappa shape index (κ3) is 2.43. The van der Waals surface area contributed by atoms with Crippen molar-refractivity contribution in [3.8, 4) is 0 Å². The number of nitrogen functional groups attached to an aromatic ring is 1. The quantitative estimate of drug-likeness (QED) is 0.642. The van der Waals surface area contributed by atoms with Crippen LogP contribution >= 0.6 is 0 Å². The molecule has 0 aliphatic rings. The van der Waals surface area contributed by atoms with Gasteiger partial charge in [-0.2, -0.15) is 0 Å². The van der Waals surface area contributed by atoms with Gasteiger partial charge in [-0.3, -0.25) is 0 Å². The highest BCUT2D eigenvalue weighted by Gasteiger charge is 2.08. The van der Waals surface area contributed by atoms with Gasteiger partial charge in [0.25, 0.3) is 0 Å². The van der Waals surface area contributed by atoms with Crippen LogP contribution in [0.15, 0.2) is 36.4 Å². The van der Waals surface area contributed by atoms with E-state index in [2.05, 4.69) is 47.4 Å². The molecule has 0 aliphatic carbocycles. The van der Waals surface area contributed by atoms with Crippen LogP contribution in [0.25, 0.3) is 0 Å². The molecule has 1 aromatic carbocycles. The summed E-state index contributed by atoms with van der Waals surface area (Å²) in [6.45, 7) is 4.19. The Balaban J connectivity index is 2.37. The summed E-state index contributed by atoms with van der Waals surface area (Å²) in [6.07, 6.45) is 0. The average Bonchev–Trinajstić information content (AvgIpc) is 2.38. The van der Waals surface area contributed by atoms with E-state index in [-0.39, 0.29) is 0 Å². The van der Waals surface area contributed by atoms with Crippen molar-refractivity contribution in [3.63, 3.8) is 0 Å². The molecular formula is C14H18N4. The Bertz CT molecular complexity index is 551. The Labute approximate surface area is 107 Å². The molecular weight excluding hydrogens is 224 g/mol. The lowest BCUT2D eigenvalue weighted by molar-refractivity contribution is 1.10. The van der Waals surface area contributed by atoms with Gasteiger partial charge in [-0.1, -0.05) is 23.8 Å². The molecule has 0 unspecified atom stereocenters. The fourth-order valence-corrected chi connectivity index (χ4v) is 2.00. The van der Waals surface area contributed by atoms with Crippen LogP contribution in [-0.2, 0) is 0 Å². The van der Waals surface area contributed by atoms with Crippen molar-refractivity contribution < 1.29 is 0 Å². The predicted molar refractivity (Wildman–Crippen MR) is 76.0 cm³/mol. The topological polar surface area (TPSA) is 54.2 Å². The number of nitrogens with zero attached hydrogens (tertiary/aromatic N) is 2. The summed E-state index contributed by atoms with van der Waals surface area (Å²) in [5.74, 6) is 6.89.